The first-order valence-corrected chi connectivity index (χ1v) is 5.05. The predicted octanol–water partition coefficient (Wildman–Crippen LogP) is 1.88. The molecular formula is C8H14N2OS. The van der Waals surface area contributed by atoms with E-state index in [1.807, 2.05) is 6.92 Å². The number of nitrogens with zero attached hydrogens (tertiary/aromatic N) is 1. The number of aliphatic hydroxyl groups excluding tert-OH is 1. The molecule has 0 unspecified atom stereocenters. The van der Waals surface area contributed by atoms with Crippen LogP contribution in [0.1, 0.15) is 20.3 Å². The molecule has 1 heterocycles. The van der Waals surface area contributed by atoms with Gasteiger partial charge >= 0.3 is 0 Å². The number of hydrogen-bond donors (Lipinski definition) is 2. The van der Waals surface area contributed by atoms with Crippen LogP contribution in [0.3, 0.4) is 0 Å². The van der Waals surface area contributed by atoms with Crippen LogP contribution in [0, 0.1) is 0 Å². The van der Waals surface area contributed by atoms with Gasteiger partial charge in [0.1, 0.15) is 0 Å². The fourth-order valence-corrected chi connectivity index (χ4v) is 1.52. The second kappa shape index (κ2) is 4.40. The Morgan fingerprint density at radius 3 is 3.00 bits per heavy atom. The average molecular weight is 186 g/mol. The fourth-order valence-electron chi connectivity index (χ4n) is 0.793. The van der Waals surface area contributed by atoms with Gasteiger partial charge in [-0.05, 0) is 13.3 Å². The first kappa shape index (κ1) is 9.45. The van der Waals surface area contributed by atoms with Crippen LogP contribution in [0.2, 0.25) is 0 Å². The van der Waals surface area contributed by atoms with E-state index >= 15 is 0 Å². The summed E-state index contributed by atoms with van der Waals surface area (Å²) in [6, 6.07) is 0. The molecule has 0 amide bonds. The molecular weight excluding hydrogens is 172 g/mol. The van der Waals surface area contributed by atoms with E-state index in [0.717, 1.165) is 22.9 Å². The molecule has 12 heavy (non-hydrogen) atoms. The maximum absolute atomic E-state index is 9.32. The molecule has 0 bridgehead atoms. The van der Waals surface area contributed by atoms with Crippen LogP contribution in [-0.4, -0.2) is 22.6 Å². The summed E-state index contributed by atoms with van der Waals surface area (Å²) in [5.74, 6) is 1.31. The molecule has 1 rings (SSSR count). The fraction of sp³-hybridized carbons (Fsp3) is 0.625. The second-order valence-corrected chi connectivity index (χ2v) is 3.81. The van der Waals surface area contributed by atoms with Crippen molar-refractivity contribution in [1.82, 2.24) is 5.32 Å². The Morgan fingerprint density at radius 1 is 1.67 bits per heavy atom. The van der Waals surface area contributed by atoms with Crippen LogP contribution < -0.4 is 5.32 Å². The van der Waals surface area contributed by atoms with Crippen molar-refractivity contribution >= 4 is 16.9 Å². The lowest BCUT2D eigenvalue weighted by molar-refractivity contribution is 0.378. The van der Waals surface area contributed by atoms with Crippen molar-refractivity contribution in [3.05, 3.63) is 11.5 Å². The Kier molecular flexibility index (Phi) is 3.47. The second-order valence-electron chi connectivity index (χ2n) is 2.72. The largest absolute Gasteiger partial charge is 0.495 e. The number of rotatable bonds is 2. The van der Waals surface area contributed by atoms with Gasteiger partial charge in [0.15, 0.2) is 11.1 Å². The molecule has 0 saturated heterocycles. The minimum absolute atomic E-state index is 0.267. The van der Waals surface area contributed by atoms with Crippen LogP contribution in [-0.2, 0) is 0 Å². The molecule has 0 saturated carbocycles. The van der Waals surface area contributed by atoms with Gasteiger partial charge in [0.25, 0.3) is 0 Å². The van der Waals surface area contributed by atoms with E-state index in [-0.39, 0.29) is 5.88 Å². The third-order valence-electron chi connectivity index (χ3n) is 1.53. The van der Waals surface area contributed by atoms with Crippen molar-refractivity contribution in [3.63, 3.8) is 0 Å². The lowest BCUT2D eigenvalue weighted by Gasteiger charge is -2.14. The Labute approximate surface area is 77.0 Å². The molecule has 1 aliphatic rings. The van der Waals surface area contributed by atoms with Crippen LogP contribution in [0.5, 0.6) is 0 Å². The van der Waals surface area contributed by atoms with Crippen molar-refractivity contribution in [2.24, 2.45) is 4.99 Å². The summed E-state index contributed by atoms with van der Waals surface area (Å²) < 4.78 is 0. The molecule has 0 aromatic carbocycles. The first-order chi connectivity index (χ1) is 5.74. The molecule has 3 nitrogen and oxygen atoms in total. The summed E-state index contributed by atoms with van der Waals surface area (Å²) in [4.78, 5) is 4.25. The third-order valence-corrected chi connectivity index (χ3v) is 2.65. The SMILES string of the molecule is CCCSC1=NCC(C)=C(O)N1. The molecule has 2 N–H and O–H groups in total. The predicted molar refractivity (Wildman–Crippen MR) is 53.5 cm³/mol. The van der Waals surface area contributed by atoms with Gasteiger partial charge < -0.3 is 10.4 Å². The van der Waals surface area contributed by atoms with E-state index < -0.39 is 0 Å². The number of amidine groups is 1. The first-order valence-electron chi connectivity index (χ1n) is 4.07. The molecule has 0 aromatic heterocycles. The van der Waals surface area contributed by atoms with Crippen LogP contribution in [0.25, 0.3) is 0 Å². The maximum Gasteiger partial charge on any atom is 0.190 e. The zero-order valence-electron chi connectivity index (χ0n) is 7.42. The van der Waals surface area contributed by atoms with E-state index in [1.54, 1.807) is 11.8 Å². The van der Waals surface area contributed by atoms with Gasteiger partial charge in [-0.15, -0.1) is 0 Å². The highest BCUT2D eigenvalue weighted by Crippen LogP contribution is 2.11. The van der Waals surface area contributed by atoms with Crippen molar-refractivity contribution in [1.29, 1.82) is 0 Å². The van der Waals surface area contributed by atoms with Crippen molar-refractivity contribution in [3.8, 4) is 0 Å². The van der Waals surface area contributed by atoms with Crippen LogP contribution in [0.4, 0.5) is 0 Å². The van der Waals surface area contributed by atoms with Gasteiger partial charge in [-0.2, -0.15) is 0 Å². The zero-order chi connectivity index (χ0) is 8.97. The van der Waals surface area contributed by atoms with E-state index in [0.29, 0.717) is 6.54 Å². The lowest BCUT2D eigenvalue weighted by Crippen LogP contribution is -2.25. The Balaban J connectivity index is 2.41. The van der Waals surface area contributed by atoms with E-state index in [4.69, 9.17) is 0 Å². The summed E-state index contributed by atoms with van der Waals surface area (Å²) in [5, 5.41) is 13.0. The van der Waals surface area contributed by atoms with Crippen molar-refractivity contribution in [2.75, 3.05) is 12.3 Å². The monoisotopic (exact) mass is 186 g/mol. The highest BCUT2D eigenvalue weighted by Gasteiger charge is 2.09. The highest BCUT2D eigenvalue weighted by atomic mass is 32.2. The Bertz CT molecular complexity index is 223. The highest BCUT2D eigenvalue weighted by molar-refractivity contribution is 8.13. The normalized spacial score (nSPS) is 17.3. The number of thioether (sulfide) groups is 1. The molecule has 0 fully saturated rings. The summed E-state index contributed by atoms with van der Waals surface area (Å²) in [5.41, 5.74) is 0.899. The standard InChI is InChI=1S/C8H14N2OS/c1-3-4-12-8-9-5-6(2)7(11)10-8/h11H,3-5H2,1-2H3,(H,9,10). The molecule has 0 atom stereocenters. The molecule has 0 aliphatic carbocycles. The topological polar surface area (TPSA) is 44.6 Å². The van der Waals surface area contributed by atoms with E-state index in [1.165, 1.54) is 0 Å². The number of hydrogen-bond acceptors (Lipinski definition) is 4. The third kappa shape index (κ3) is 2.44. The Morgan fingerprint density at radius 2 is 2.42 bits per heavy atom. The minimum Gasteiger partial charge on any atom is -0.495 e. The molecule has 0 radical (unpaired) electrons. The maximum atomic E-state index is 9.32. The van der Waals surface area contributed by atoms with Crippen molar-refractivity contribution < 1.29 is 5.11 Å². The van der Waals surface area contributed by atoms with Gasteiger partial charge in [-0.25, -0.2) is 0 Å². The number of aliphatic imine (C=N–C) groups is 1. The summed E-state index contributed by atoms with van der Waals surface area (Å²) in [6.45, 7) is 4.61. The van der Waals surface area contributed by atoms with Gasteiger partial charge in [-0.1, -0.05) is 18.7 Å². The summed E-state index contributed by atoms with van der Waals surface area (Å²) in [6.07, 6.45) is 1.12. The van der Waals surface area contributed by atoms with Gasteiger partial charge in [-0.3, -0.25) is 4.99 Å². The minimum atomic E-state index is 0.267. The van der Waals surface area contributed by atoms with Gasteiger partial charge in [0.05, 0.1) is 6.54 Å². The smallest absolute Gasteiger partial charge is 0.190 e. The van der Waals surface area contributed by atoms with E-state index in [2.05, 4.69) is 17.2 Å². The van der Waals surface area contributed by atoms with Crippen LogP contribution in [0.15, 0.2) is 16.4 Å². The number of nitrogens with one attached hydrogen (secondary N) is 1. The van der Waals surface area contributed by atoms with E-state index in [9.17, 15) is 5.11 Å². The quantitative estimate of drug-likeness (QED) is 0.692. The summed E-state index contributed by atoms with van der Waals surface area (Å²) >= 11 is 1.65. The number of aliphatic hydroxyl groups is 1. The summed E-state index contributed by atoms with van der Waals surface area (Å²) in [7, 11) is 0. The van der Waals surface area contributed by atoms with Gasteiger partial charge in [0, 0.05) is 11.3 Å². The molecule has 4 heteroatoms. The average Bonchev–Trinajstić information content (AvgIpc) is 2.07. The lowest BCUT2D eigenvalue weighted by atomic mass is 10.3. The van der Waals surface area contributed by atoms with Gasteiger partial charge in [0.2, 0.25) is 0 Å². The zero-order valence-corrected chi connectivity index (χ0v) is 8.24. The molecule has 0 spiro atoms. The Hall–Kier alpha value is -0.640. The molecule has 1 aliphatic heterocycles. The van der Waals surface area contributed by atoms with Crippen molar-refractivity contribution in [2.45, 2.75) is 20.3 Å². The molecule has 68 valence electrons. The molecule has 0 aromatic rings. The van der Waals surface area contributed by atoms with Crippen LogP contribution >= 0.6 is 11.8 Å².